The van der Waals surface area contributed by atoms with Gasteiger partial charge in [-0.25, -0.2) is 13.6 Å². The summed E-state index contributed by atoms with van der Waals surface area (Å²) in [6.07, 6.45) is -3.20. The fourth-order valence-electron chi connectivity index (χ4n) is 17.0. The molecule has 3 unspecified atom stereocenters. The number of alkyl halides is 5. The second-order valence-corrected chi connectivity index (χ2v) is 31.5. The molecule has 13 atom stereocenters. The summed E-state index contributed by atoms with van der Waals surface area (Å²) in [5.41, 5.74) is -1.52. The monoisotopic (exact) mass is 1410 g/mol. The number of fused-ring (bicyclic) bond motifs is 2. The molecule has 0 aromatic rings. The Morgan fingerprint density at radius 3 is 1.79 bits per heavy atom. The first-order valence-electron chi connectivity index (χ1n) is 37.0. The van der Waals surface area contributed by atoms with Crippen LogP contribution in [0.5, 0.6) is 0 Å². The molecular formula is C72H117F5N11O11+. The van der Waals surface area contributed by atoms with Crippen LogP contribution in [0.1, 0.15) is 203 Å². The third-order valence-corrected chi connectivity index (χ3v) is 24.2. The van der Waals surface area contributed by atoms with Gasteiger partial charge in [-0.3, -0.25) is 52.4 Å². The van der Waals surface area contributed by atoms with Crippen molar-refractivity contribution in [1.82, 2.24) is 50.2 Å². The minimum absolute atomic E-state index is 0.00251. The van der Waals surface area contributed by atoms with Gasteiger partial charge >= 0.3 is 12.1 Å². The van der Waals surface area contributed by atoms with Crippen molar-refractivity contribution in [2.24, 2.45) is 41.4 Å². The molecule has 22 nitrogen and oxygen atoms in total. The summed E-state index contributed by atoms with van der Waals surface area (Å²) in [6.45, 7) is 14.2. The van der Waals surface area contributed by atoms with E-state index in [0.29, 0.717) is 44.4 Å². The van der Waals surface area contributed by atoms with Crippen LogP contribution in [0.4, 0.5) is 22.0 Å². The average Bonchev–Trinajstić information content (AvgIpc) is 1.19. The van der Waals surface area contributed by atoms with E-state index in [4.69, 9.17) is 0 Å². The molecule has 0 bridgehead atoms. The van der Waals surface area contributed by atoms with Gasteiger partial charge in [0.1, 0.15) is 66.1 Å². The summed E-state index contributed by atoms with van der Waals surface area (Å²) in [4.78, 5) is 175. The Kier molecular flexibility index (Phi) is 27.5. The maximum absolute atomic E-state index is 15.4. The van der Waals surface area contributed by atoms with Gasteiger partial charge in [0.25, 0.3) is 5.91 Å². The van der Waals surface area contributed by atoms with Gasteiger partial charge < -0.3 is 50.2 Å². The van der Waals surface area contributed by atoms with Crippen molar-refractivity contribution in [3.8, 4) is 0 Å². The summed E-state index contributed by atoms with van der Waals surface area (Å²) in [6, 6.07) is -9.98. The number of hydrogen-bond donors (Lipinski definition) is 3. The van der Waals surface area contributed by atoms with E-state index in [1.54, 1.807) is 48.8 Å². The second-order valence-electron chi connectivity index (χ2n) is 31.5. The average molecular weight is 1410 g/mol. The highest BCUT2D eigenvalue weighted by atomic mass is 19.4. The fraction of sp³-hybridized carbons (Fsp3) is 0.847. The molecule has 11 amide bonds. The van der Waals surface area contributed by atoms with E-state index >= 15 is 37.5 Å². The van der Waals surface area contributed by atoms with Crippen LogP contribution in [0.15, 0.2) is 0 Å². The number of quaternary nitrogens is 1. The Morgan fingerprint density at radius 2 is 1.23 bits per heavy atom. The van der Waals surface area contributed by atoms with Crippen LogP contribution in [0.2, 0.25) is 0 Å². The molecular weight excluding hydrogens is 1290 g/mol. The number of halogens is 5. The number of likely N-dealkylation sites (N-methyl/N-ethyl adjacent to an activating group) is 6. The van der Waals surface area contributed by atoms with Crippen molar-refractivity contribution in [1.29, 1.82) is 0 Å². The highest BCUT2D eigenvalue weighted by molar-refractivity contribution is 5.99. The predicted molar refractivity (Wildman–Crippen MR) is 361 cm³/mol. The molecule has 3 N–H and O–H groups in total. The fourth-order valence-corrected chi connectivity index (χ4v) is 17.0. The maximum Gasteiger partial charge on any atom is 0.397 e. The molecule has 7 aliphatic rings. The van der Waals surface area contributed by atoms with E-state index in [1.165, 1.54) is 55.4 Å². The number of carbonyl (C=O) groups excluding carboxylic acids is 11. The Morgan fingerprint density at radius 1 is 0.626 bits per heavy atom. The van der Waals surface area contributed by atoms with Crippen molar-refractivity contribution >= 4 is 65.0 Å². The summed E-state index contributed by atoms with van der Waals surface area (Å²) in [7, 11) is 9.12. The van der Waals surface area contributed by atoms with Gasteiger partial charge in [-0.1, -0.05) is 79.6 Å². The molecule has 560 valence electrons. The van der Waals surface area contributed by atoms with Crippen molar-refractivity contribution < 1.29 is 79.2 Å². The van der Waals surface area contributed by atoms with Crippen LogP contribution in [-0.4, -0.2) is 251 Å². The van der Waals surface area contributed by atoms with E-state index in [2.05, 4.69) is 22.9 Å². The van der Waals surface area contributed by atoms with Crippen molar-refractivity contribution in [3.05, 3.63) is 0 Å². The van der Waals surface area contributed by atoms with Gasteiger partial charge in [-0.05, 0) is 146 Å². The second kappa shape index (κ2) is 33.8. The molecule has 7 fully saturated rings. The molecule has 3 saturated heterocycles. The van der Waals surface area contributed by atoms with E-state index in [0.717, 1.165) is 38.5 Å². The molecule has 0 radical (unpaired) electrons. The van der Waals surface area contributed by atoms with Crippen LogP contribution in [0.3, 0.4) is 0 Å². The lowest BCUT2D eigenvalue weighted by atomic mass is 9.76. The molecule has 7 rings (SSSR count). The standard InChI is InChI=1S/C72H116F5N11O11/c1-15-44(6)60-67(96)83(11)46(8)64(93)87-35-31-54(87)69(98)88(14,16-2)56(40-47-27-25-43(5)26-28-47)66(95)81(9)41-57(89)78-52(30-29-48-38-50(73)59(51(74)39-48)72(75,76)77)65(94)86-34-21-24-53(86)63(92)80-71(32-19-20-33-71)70(99)85(13)61(49-22-17-18-23-49)68(97)82(10)45(7)37-58(90)84(12)55(36-42(3)4)62(91)79-60/h42-56,59-61H,15-41H2,1-14H3,(H2-,78,79,80,89,91,92)/p+1/t43?,44-,45+,46-,47?,48?,50?,51?,52-,53-,54-,55-,56-,59?,60-,61-,88?/m0/s1. The van der Waals surface area contributed by atoms with Gasteiger partial charge in [-0.2, -0.15) is 13.2 Å². The lowest BCUT2D eigenvalue weighted by Crippen LogP contribution is -2.71. The molecule has 3 aliphatic heterocycles. The molecule has 4 aliphatic carbocycles. The molecule has 0 aromatic heterocycles. The third-order valence-electron chi connectivity index (χ3n) is 24.2. The van der Waals surface area contributed by atoms with Crippen LogP contribution in [0, 0.1) is 41.4 Å². The van der Waals surface area contributed by atoms with Crippen LogP contribution in [-0.2, 0) is 52.7 Å². The van der Waals surface area contributed by atoms with Gasteiger partial charge in [-0.15, -0.1) is 0 Å². The first-order valence-corrected chi connectivity index (χ1v) is 37.0. The predicted octanol–water partition coefficient (Wildman–Crippen LogP) is 7.09. The summed E-state index contributed by atoms with van der Waals surface area (Å²) >= 11 is 0. The summed E-state index contributed by atoms with van der Waals surface area (Å²) < 4.78 is 71.9. The number of nitrogens with one attached hydrogen (secondary N) is 3. The smallest absolute Gasteiger partial charge is 0.343 e. The van der Waals surface area contributed by atoms with Crippen LogP contribution >= 0.6 is 0 Å². The number of rotatable bonds is 11. The minimum Gasteiger partial charge on any atom is -0.343 e. The zero-order valence-electron chi connectivity index (χ0n) is 61.4. The van der Waals surface area contributed by atoms with Gasteiger partial charge in [0.15, 0.2) is 6.04 Å². The van der Waals surface area contributed by atoms with E-state index in [-0.39, 0.29) is 95.2 Å². The number of nitrogens with zero attached hydrogens (tertiary/aromatic N) is 8. The summed E-state index contributed by atoms with van der Waals surface area (Å²) in [5.74, 6) is -10.7. The summed E-state index contributed by atoms with van der Waals surface area (Å²) in [5, 5.41) is 8.76. The third kappa shape index (κ3) is 18.3. The highest BCUT2D eigenvalue weighted by Crippen LogP contribution is 2.45. The van der Waals surface area contributed by atoms with Gasteiger partial charge in [0.2, 0.25) is 53.2 Å². The molecule has 27 heteroatoms. The first-order chi connectivity index (χ1) is 46.4. The zero-order valence-corrected chi connectivity index (χ0v) is 61.4. The topological polar surface area (TPSA) is 247 Å². The lowest BCUT2D eigenvalue weighted by molar-refractivity contribution is -0.851. The van der Waals surface area contributed by atoms with Crippen LogP contribution < -0.4 is 16.0 Å². The number of amides is 11. The highest BCUT2D eigenvalue weighted by Gasteiger charge is 2.57. The normalized spacial score (nSPS) is 34.8. The number of carbonyl (C=O) groups is 11. The Labute approximate surface area is 583 Å². The Bertz CT molecular complexity index is 2890. The maximum atomic E-state index is 15.4. The van der Waals surface area contributed by atoms with E-state index < -0.39 is 185 Å². The van der Waals surface area contributed by atoms with E-state index in [9.17, 15) is 37.1 Å². The molecule has 3 heterocycles. The zero-order chi connectivity index (χ0) is 73.5. The van der Waals surface area contributed by atoms with Gasteiger partial charge in [0, 0.05) is 67.2 Å². The van der Waals surface area contributed by atoms with Crippen LogP contribution in [0.25, 0.3) is 0 Å². The van der Waals surface area contributed by atoms with Gasteiger partial charge in [0.05, 0.1) is 20.1 Å². The quantitative estimate of drug-likeness (QED) is 0.139. The molecule has 4 saturated carbocycles. The van der Waals surface area contributed by atoms with Crippen molar-refractivity contribution in [3.63, 3.8) is 0 Å². The minimum atomic E-state index is -5.14. The SMILES string of the molecule is CC[C@H](C)[C@@H]1NC(=O)[C@H](CC(C)C)N(C)C(=O)C[C@@H](C)N(C)C(=O)[C@H](C2CCCC2)N(C)C(=O)C2(CCCC2)NC(=O)[C@@H]2CCCN2C(=O)[C@H](CCC2CC(F)C(C(F)(F)F)C(F)C2)NC(=O)CN(C)C(=O)[C@H](CC2CCC(C)CC2)[N+](C)(CC)C(=O)[C@@H]2CCN2C(=O)[C@H](C)N(C)C1=O. The molecule has 0 aromatic carbocycles. The Balaban J connectivity index is 1.27. The largest absolute Gasteiger partial charge is 0.397 e. The van der Waals surface area contributed by atoms with E-state index in [1.807, 2.05) is 20.8 Å². The first kappa shape index (κ1) is 80.3. The number of hydrogen-bond acceptors (Lipinski definition) is 11. The lowest BCUT2D eigenvalue weighted by Gasteiger charge is -2.48. The Hall–Kier alpha value is -6.02. The molecule has 99 heavy (non-hydrogen) atoms. The van der Waals surface area contributed by atoms with Crippen molar-refractivity contribution in [2.45, 2.75) is 282 Å². The molecule has 1 spiro atoms. The van der Waals surface area contributed by atoms with Crippen molar-refractivity contribution in [2.75, 3.05) is 68.5 Å².